The predicted molar refractivity (Wildman–Crippen MR) is 74.3 cm³/mol. The number of anilines is 1. The molecule has 0 bridgehead atoms. The molecule has 0 amide bonds. The zero-order chi connectivity index (χ0) is 13.3. The highest BCUT2D eigenvalue weighted by molar-refractivity contribution is 7.14. The number of aromatic hydroxyl groups is 2. The van der Waals surface area contributed by atoms with Crippen LogP contribution in [0.2, 0.25) is 0 Å². The molecule has 0 unspecified atom stereocenters. The van der Waals surface area contributed by atoms with Gasteiger partial charge in [-0.05, 0) is 32.9 Å². The minimum absolute atomic E-state index is 0.0302. The quantitative estimate of drug-likeness (QED) is 0.777. The third kappa shape index (κ3) is 2.92. The first-order valence-corrected chi connectivity index (χ1v) is 6.49. The van der Waals surface area contributed by atoms with E-state index in [-0.39, 0.29) is 17.0 Å². The molecule has 2 aromatic rings. The van der Waals surface area contributed by atoms with Crippen molar-refractivity contribution in [3.8, 4) is 22.8 Å². The first-order chi connectivity index (χ1) is 8.35. The lowest BCUT2D eigenvalue weighted by atomic mass is 10.1. The number of rotatable bonds is 2. The molecule has 4 nitrogen and oxygen atoms in total. The molecule has 0 saturated carbocycles. The van der Waals surface area contributed by atoms with Crippen LogP contribution in [0, 0.1) is 0 Å². The van der Waals surface area contributed by atoms with Crippen LogP contribution < -0.4 is 5.32 Å². The van der Waals surface area contributed by atoms with Crippen molar-refractivity contribution in [2.24, 2.45) is 0 Å². The Morgan fingerprint density at radius 3 is 2.56 bits per heavy atom. The van der Waals surface area contributed by atoms with Gasteiger partial charge in [0.05, 0.1) is 5.69 Å². The number of thiazole rings is 1. The average Bonchev–Trinajstić information content (AvgIpc) is 2.63. The summed E-state index contributed by atoms with van der Waals surface area (Å²) < 4.78 is 0. The second-order valence-corrected chi connectivity index (χ2v) is 5.97. The van der Waals surface area contributed by atoms with Gasteiger partial charge in [-0.3, -0.25) is 0 Å². The number of phenolic OH excluding ortho intramolecular Hbond substituents is 2. The lowest BCUT2D eigenvalue weighted by Gasteiger charge is -2.19. The van der Waals surface area contributed by atoms with Crippen LogP contribution in [-0.4, -0.2) is 20.7 Å². The minimum atomic E-state index is -0.0495. The molecular formula is C13H16N2O2S. The molecule has 1 aromatic heterocycles. The Balaban J connectivity index is 2.29. The van der Waals surface area contributed by atoms with E-state index in [1.54, 1.807) is 6.07 Å². The highest BCUT2D eigenvalue weighted by atomic mass is 32.1. The summed E-state index contributed by atoms with van der Waals surface area (Å²) in [5.41, 5.74) is 1.27. The van der Waals surface area contributed by atoms with Gasteiger partial charge in [0.25, 0.3) is 0 Å². The molecule has 0 aliphatic heterocycles. The van der Waals surface area contributed by atoms with Crippen LogP contribution >= 0.6 is 11.3 Å². The monoisotopic (exact) mass is 264 g/mol. The molecule has 1 aromatic carbocycles. The second-order valence-electron chi connectivity index (χ2n) is 5.11. The highest BCUT2D eigenvalue weighted by Crippen LogP contribution is 2.34. The van der Waals surface area contributed by atoms with Crippen LogP contribution in [0.5, 0.6) is 11.5 Å². The molecular weight excluding hydrogens is 248 g/mol. The van der Waals surface area contributed by atoms with Crippen molar-refractivity contribution in [1.29, 1.82) is 0 Å². The first-order valence-electron chi connectivity index (χ1n) is 5.61. The summed E-state index contributed by atoms with van der Waals surface area (Å²) in [4.78, 5) is 4.42. The van der Waals surface area contributed by atoms with E-state index in [4.69, 9.17) is 0 Å². The van der Waals surface area contributed by atoms with Crippen LogP contribution in [-0.2, 0) is 0 Å². The summed E-state index contributed by atoms with van der Waals surface area (Å²) >= 11 is 1.49. The van der Waals surface area contributed by atoms with Gasteiger partial charge >= 0.3 is 0 Å². The summed E-state index contributed by atoms with van der Waals surface area (Å²) in [6, 6.07) is 4.50. The van der Waals surface area contributed by atoms with E-state index in [2.05, 4.69) is 31.1 Å². The Hall–Kier alpha value is -1.75. The third-order valence-electron chi connectivity index (χ3n) is 2.24. The van der Waals surface area contributed by atoms with E-state index in [1.165, 1.54) is 23.5 Å². The second kappa shape index (κ2) is 4.49. The fourth-order valence-corrected chi connectivity index (χ4v) is 2.43. The van der Waals surface area contributed by atoms with Crippen LogP contribution in [0.3, 0.4) is 0 Å². The summed E-state index contributed by atoms with van der Waals surface area (Å²) in [5, 5.41) is 25.0. The van der Waals surface area contributed by atoms with Crippen molar-refractivity contribution < 1.29 is 10.2 Å². The summed E-state index contributed by atoms with van der Waals surface area (Å²) in [6.45, 7) is 6.18. The van der Waals surface area contributed by atoms with Crippen LogP contribution in [0.15, 0.2) is 23.6 Å². The number of phenols is 2. The molecule has 0 aliphatic rings. The Bertz CT molecular complexity index is 558. The lowest BCUT2D eigenvalue weighted by molar-refractivity contribution is 0.452. The molecule has 0 radical (unpaired) electrons. The molecule has 0 atom stereocenters. The molecule has 96 valence electrons. The minimum Gasteiger partial charge on any atom is -0.508 e. The van der Waals surface area contributed by atoms with E-state index < -0.39 is 0 Å². The van der Waals surface area contributed by atoms with Gasteiger partial charge in [0.15, 0.2) is 5.13 Å². The van der Waals surface area contributed by atoms with E-state index in [0.29, 0.717) is 11.3 Å². The molecule has 0 aliphatic carbocycles. The summed E-state index contributed by atoms with van der Waals surface area (Å²) in [5.74, 6) is 0.0714. The molecule has 2 rings (SSSR count). The average molecular weight is 264 g/mol. The largest absolute Gasteiger partial charge is 0.508 e. The van der Waals surface area contributed by atoms with Crippen molar-refractivity contribution in [3.63, 3.8) is 0 Å². The van der Waals surface area contributed by atoms with Gasteiger partial charge in [-0.25, -0.2) is 4.98 Å². The SMILES string of the molecule is CC(C)(C)Nc1nc(-c2ccc(O)cc2O)cs1. The number of aromatic nitrogens is 1. The summed E-state index contributed by atoms with van der Waals surface area (Å²) in [6.07, 6.45) is 0. The smallest absolute Gasteiger partial charge is 0.183 e. The molecule has 5 heteroatoms. The number of nitrogens with zero attached hydrogens (tertiary/aromatic N) is 1. The van der Waals surface area contributed by atoms with E-state index in [0.717, 1.165) is 5.13 Å². The maximum Gasteiger partial charge on any atom is 0.183 e. The fourth-order valence-electron chi connectivity index (χ4n) is 1.51. The maximum absolute atomic E-state index is 9.77. The van der Waals surface area contributed by atoms with E-state index >= 15 is 0 Å². The van der Waals surface area contributed by atoms with E-state index in [1.807, 2.05) is 5.38 Å². The fraction of sp³-hybridized carbons (Fsp3) is 0.308. The van der Waals surface area contributed by atoms with Gasteiger partial charge in [0, 0.05) is 22.5 Å². The van der Waals surface area contributed by atoms with Crippen molar-refractivity contribution in [2.75, 3.05) is 5.32 Å². The van der Waals surface area contributed by atoms with Crippen LogP contribution in [0.25, 0.3) is 11.3 Å². The van der Waals surface area contributed by atoms with Gasteiger partial charge in [0.1, 0.15) is 11.5 Å². The molecule has 0 saturated heterocycles. The van der Waals surface area contributed by atoms with Gasteiger partial charge in [0.2, 0.25) is 0 Å². The van der Waals surface area contributed by atoms with Gasteiger partial charge in [-0.1, -0.05) is 0 Å². The summed E-state index contributed by atoms with van der Waals surface area (Å²) in [7, 11) is 0. The lowest BCUT2D eigenvalue weighted by Crippen LogP contribution is -2.25. The molecule has 0 fully saturated rings. The van der Waals surface area contributed by atoms with Crippen molar-refractivity contribution in [3.05, 3.63) is 23.6 Å². The topological polar surface area (TPSA) is 65.4 Å². The zero-order valence-corrected chi connectivity index (χ0v) is 11.4. The molecule has 1 heterocycles. The van der Waals surface area contributed by atoms with Crippen molar-refractivity contribution in [2.45, 2.75) is 26.3 Å². The Labute approximate surface area is 110 Å². The third-order valence-corrected chi connectivity index (χ3v) is 3.00. The maximum atomic E-state index is 9.77. The zero-order valence-electron chi connectivity index (χ0n) is 10.6. The highest BCUT2D eigenvalue weighted by Gasteiger charge is 2.14. The van der Waals surface area contributed by atoms with E-state index in [9.17, 15) is 10.2 Å². The van der Waals surface area contributed by atoms with Crippen molar-refractivity contribution in [1.82, 2.24) is 4.98 Å². The number of nitrogens with one attached hydrogen (secondary N) is 1. The first kappa shape index (κ1) is 12.7. The normalized spacial score (nSPS) is 11.5. The Morgan fingerprint density at radius 1 is 1.22 bits per heavy atom. The molecule has 18 heavy (non-hydrogen) atoms. The standard InChI is InChI=1S/C13H16N2O2S/c1-13(2,3)15-12-14-10(7-18-12)9-5-4-8(16)6-11(9)17/h4-7,16-17H,1-3H3,(H,14,15). The Morgan fingerprint density at radius 2 is 1.94 bits per heavy atom. The number of hydrogen-bond acceptors (Lipinski definition) is 5. The molecule has 0 spiro atoms. The van der Waals surface area contributed by atoms with Gasteiger partial charge < -0.3 is 15.5 Å². The molecule has 3 N–H and O–H groups in total. The predicted octanol–water partition coefficient (Wildman–Crippen LogP) is 3.43. The van der Waals surface area contributed by atoms with Crippen molar-refractivity contribution >= 4 is 16.5 Å². The van der Waals surface area contributed by atoms with Gasteiger partial charge in [-0.2, -0.15) is 0 Å². The number of hydrogen-bond donors (Lipinski definition) is 3. The Kier molecular flexibility index (Phi) is 3.17. The van der Waals surface area contributed by atoms with Crippen LogP contribution in [0.1, 0.15) is 20.8 Å². The van der Waals surface area contributed by atoms with Gasteiger partial charge in [-0.15, -0.1) is 11.3 Å². The van der Waals surface area contributed by atoms with Crippen LogP contribution in [0.4, 0.5) is 5.13 Å². The number of benzene rings is 1.